The third-order valence-electron chi connectivity index (χ3n) is 3.50. The van der Waals surface area contributed by atoms with E-state index in [1.54, 1.807) is 30.0 Å². The maximum absolute atomic E-state index is 12.0. The highest BCUT2D eigenvalue weighted by atomic mass is 35.5. The van der Waals surface area contributed by atoms with Crippen molar-refractivity contribution in [2.75, 3.05) is 19.7 Å². The smallest absolute Gasteiger partial charge is 0.260 e. The molecule has 1 aromatic rings. The second kappa shape index (κ2) is 6.66. The lowest BCUT2D eigenvalue weighted by atomic mass is 10.0. The van der Waals surface area contributed by atoms with E-state index in [-0.39, 0.29) is 24.5 Å². The molecular formula is C14H17Cl2NO3. The minimum absolute atomic E-state index is 0.0616. The predicted molar refractivity (Wildman–Crippen MR) is 78.3 cm³/mol. The third-order valence-corrected chi connectivity index (χ3v) is 4.04. The molecule has 4 nitrogen and oxygen atoms in total. The number of nitrogens with zero attached hydrogens (tertiary/aromatic N) is 1. The topological polar surface area (TPSA) is 49.8 Å². The van der Waals surface area contributed by atoms with Gasteiger partial charge < -0.3 is 14.7 Å². The number of carbonyl (C=O) groups excluding carboxylic acids is 1. The van der Waals surface area contributed by atoms with Crippen LogP contribution in [0.3, 0.4) is 0 Å². The summed E-state index contributed by atoms with van der Waals surface area (Å²) in [6, 6.07) is 4.87. The highest BCUT2D eigenvalue weighted by Gasteiger charge is 2.29. The minimum Gasteiger partial charge on any atom is -0.482 e. The van der Waals surface area contributed by atoms with Crippen molar-refractivity contribution in [1.82, 2.24) is 4.90 Å². The number of hydrogen-bond acceptors (Lipinski definition) is 3. The number of ether oxygens (including phenoxy) is 1. The number of amides is 1. The molecule has 20 heavy (non-hydrogen) atoms. The zero-order valence-electron chi connectivity index (χ0n) is 11.2. The van der Waals surface area contributed by atoms with E-state index < -0.39 is 0 Å². The lowest BCUT2D eigenvalue weighted by Crippen LogP contribution is -2.34. The van der Waals surface area contributed by atoms with Gasteiger partial charge in [0, 0.05) is 24.0 Å². The van der Waals surface area contributed by atoms with Gasteiger partial charge in [0.2, 0.25) is 0 Å². The zero-order chi connectivity index (χ0) is 14.7. The van der Waals surface area contributed by atoms with Crippen LogP contribution in [0.25, 0.3) is 0 Å². The summed E-state index contributed by atoms with van der Waals surface area (Å²) in [5.74, 6) is 0.493. The lowest BCUT2D eigenvalue weighted by Gasteiger charge is -2.18. The maximum atomic E-state index is 12.0. The average molecular weight is 318 g/mol. The molecule has 2 rings (SSSR count). The fourth-order valence-corrected chi connectivity index (χ4v) is 2.69. The minimum atomic E-state index is -0.389. The largest absolute Gasteiger partial charge is 0.482 e. The number of hydrogen-bond donors (Lipinski definition) is 1. The number of likely N-dealkylation sites (tertiary alicyclic amines) is 1. The van der Waals surface area contributed by atoms with Crippen molar-refractivity contribution >= 4 is 29.1 Å². The van der Waals surface area contributed by atoms with Gasteiger partial charge in [0.1, 0.15) is 5.75 Å². The molecule has 2 unspecified atom stereocenters. The van der Waals surface area contributed by atoms with Crippen LogP contribution in [0.15, 0.2) is 18.2 Å². The van der Waals surface area contributed by atoms with Crippen LogP contribution >= 0.6 is 23.2 Å². The maximum Gasteiger partial charge on any atom is 0.260 e. The van der Waals surface area contributed by atoms with E-state index in [0.717, 1.165) is 6.42 Å². The molecule has 1 N–H and O–H groups in total. The number of aliphatic hydroxyl groups excluding tert-OH is 1. The van der Waals surface area contributed by atoms with E-state index in [4.69, 9.17) is 27.9 Å². The molecule has 0 aromatic heterocycles. The number of aliphatic hydroxyl groups is 1. The number of halogens is 2. The summed E-state index contributed by atoms with van der Waals surface area (Å²) in [4.78, 5) is 13.7. The van der Waals surface area contributed by atoms with Crippen LogP contribution in [0, 0.1) is 5.92 Å². The molecule has 1 fully saturated rings. The summed E-state index contributed by atoms with van der Waals surface area (Å²) in [5, 5.41) is 10.4. The summed E-state index contributed by atoms with van der Waals surface area (Å²) < 4.78 is 5.42. The Labute approximate surface area is 128 Å². The molecule has 110 valence electrons. The van der Waals surface area contributed by atoms with Gasteiger partial charge in [-0.2, -0.15) is 0 Å². The van der Waals surface area contributed by atoms with Gasteiger partial charge in [-0.15, -0.1) is 0 Å². The van der Waals surface area contributed by atoms with Crippen LogP contribution in [-0.2, 0) is 4.79 Å². The fraction of sp³-hybridized carbons (Fsp3) is 0.500. The number of rotatable bonds is 4. The second-order valence-electron chi connectivity index (χ2n) is 4.99. The second-order valence-corrected chi connectivity index (χ2v) is 5.84. The van der Waals surface area contributed by atoms with Crippen LogP contribution in [0.2, 0.25) is 10.0 Å². The Bertz CT molecular complexity index is 493. The number of carbonyl (C=O) groups is 1. The van der Waals surface area contributed by atoms with Gasteiger partial charge >= 0.3 is 0 Å². The molecule has 2 atom stereocenters. The molecule has 0 bridgehead atoms. The summed E-state index contributed by atoms with van der Waals surface area (Å²) >= 11 is 11.8. The summed E-state index contributed by atoms with van der Waals surface area (Å²) in [7, 11) is 0. The van der Waals surface area contributed by atoms with E-state index in [2.05, 4.69) is 0 Å². The quantitative estimate of drug-likeness (QED) is 0.928. The molecule has 1 aliphatic rings. The average Bonchev–Trinajstić information content (AvgIpc) is 2.87. The molecule has 0 spiro atoms. The van der Waals surface area contributed by atoms with Gasteiger partial charge in [-0.05, 0) is 31.5 Å². The standard InChI is InChI=1S/C14H17Cl2NO3/c1-9(18)10-4-5-17(7-10)14(19)8-20-13-3-2-11(15)6-12(13)16/h2-3,6,9-10,18H,4-5,7-8H2,1H3. The van der Waals surface area contributed by atoms with Gasteiger partial charge in [0.25, 0.3) is 5.91 Å². The molecule has 0 aliphatic carbocycles. The van der Waals surface area contributed by atoms with Crippen molar-refractivity contribution in [1.29, 1.82) is 0 Å². The summed E-state index contributed by atoms with van der Waals surface area (Å²) in [6.45, 7) is 2.93. The SMILES string of the molecule is CC(O)C1CCN(C(=O)COc2ccc(Cl)cc2Cl)C1. The predicted octanol–water partition coefficient (Wildman–Crippen LogP) is 2.60. The molecule has 0 saturated carbocycles. The Kier molecular flexibility index (Phi) is 5.13. The zero-order valence-corrected chi connectivity index (χ0v) is 12.7. The monoisotopic (exact) mass is 317 g/mol. The molecule has 6 heteroatoms. The first-order valence-electron chi connectivity index (χ1n) is 6.51. The highest BCUT2D eigenvalue weighted by Crippen LogP contribution is 2.27. The highest BCUT2D eigenvalue weighted by molar-refractivity contribution is 6.35. The van der Waals surface area contributed by atoms with E-state index >= 15 is 0 Å². The van der Waals surface area contributed by atoms with Crippen molar-refractivity contribution in [3.05, 3.63) is 28.2 Å². The molecule has 1 aromatic carbocycles. The summed E-state index contributed by atoms with van der Waals surface area (Å²) in [5.41, 5.74) is 0. The molecule has 0 radical (unpaired) electrons. The summed E-state index contributed by atoms with van der Waals surface area (Å²) in [6.07, 6.45) is 0.435. The van der Waals surface area contributed by atoms with Crippen molar-refractivity contribution in [2.45, 2.75) is 19.4 Å². The molecular weight excluding hydrogens is 301 g/mol. The Morgan fingerprint density at radius 3 is 2.90 bits per heavy atom. The van der Waals surface area contributed by atoms with Crippen LogP contribution < -0.4 is 4.74 Å². The van der Waals surface area contributed by atoms with Gasteiger partial charge in [0.05, 0.1) is 11.1 Å². The van der Waals surface area contributed by atoms with Crippen molar-refractivity contribution in [3.63, 3.8) is 0 Å². The molecule has 1 aliphatic heterocycles. The van der Waals surface area contributed by atoms with Crippen molar-refractivity contribution in [3.8, 4) is 5.75 Å². The Balaban J connectivity index is 1.86. The van der Waals surface area contributed by atoms with E-state index in [0.29, 0.717) is 28.9 Å². The normalized spacial score (nSPS) is 20.0. The van der Waals surface area contributed by atoms with Crippen LogP contribution in [0.5, 0.6) is 5.75 Å². The van der Waals surface area contributed by atoms with Crippen LogP contribution in [0.4, 0.5) is 0 Å². The third kappa shape index (κ3) is 3.78. The van der Waals surface area contributed by atoms with Crippen LogP contribution in [-0.4, -0.2) is 41.7 Å². The van der Waals surface area contributed by atoms with Gasteiger partial charge in [-0.3, -0.25) is 4.79 Å². The van der Waals surface area contributed by atoms with E-state index in [1.807, 2.05) is 0 Å². The first kappa shape index (κ1) is 15.4. The Morgan fingerprint density at radius 2 is 2.30 bits per heavy atom. The first-order chi connectivity index (χ1) is 9.47. The van der Waals surface area contributed by atoms with E-state index in [9.17, 15) is 9.90 Å². The fourth-order valence-electron chi connectivity index (χ4n) is 2.23. The van der Waals surface area contributed by atoms with Gasteiger partial charge in [-0.25, -0.2) is 0 Å². The Morgan fingerprint density at radius 1 is 1.55 bits per heavy atom. The van der Waals surface area contributed by atoms with Gasteiger partial charge in [0.15, 0.2) is 6.61 Å². The molecule has 1 saturated heterocycles. The van der Waals surface area contributed by atoms with Crippen molar-refractivity contribution < 1.29 is 14.6 Å². The van der Waals surface area contributed by atoms with Gasteiger partial charge in [-0.1, -0.05) is 23.2 Å². The number of benzene rings is 1. The first-order valence-corrected chi connectivity index (χ1v) is 7.26. The molecule has 1 heterocycles. The Hall–Kier alpha value is -0.970. The van der Waals surface area contributed by atoms with Crippen molar-refractivity contribution in [2.24, 2.45) is 5.92 Å². The lowest BCUT2D eigenvalue weighted by molar-refractivity contribution is -0.132. The molecule has 1 amide bonds. The van der Waals surface area contributed by atoms with Crippen LogP contribution in [0.1, 0.15) is 13.3 Å². The van der Waals surface area contributed by atoms with E-state index in [1.165, 1.54) is 0 Å².